The van der Waals surface area contributed by atoms with Crippen LogP contribution in [0.4, 0.5) is 4.79 Å². The van der Waals surface area contributed by atoms with Crippen molar-refractivity contribution in [3.63, 3.8) is 0 Å². The van der Waals surface area contributed by atoms with Crippen molar-refractivity contribution < 1.29 is 19.4 Å². The van der Waals surface area contributed by atoms with Gasteiger partial charge in [0.25, 0.3) is 0 Å². The van der Waals surface area contributed by atoms with Crippen LogP contribution in [0.5, 0.6) is 5.75 Å². The van der Waals surface area contributed by atoms with Crippen molar-refractivity contribution in [3.05, 3.63) is 29.8 Å². The lowest BCUT2D eigenvalue weighted by atomic mass is 10.1. The van der Waals surface area contributed by atoms with Gasteiger partial charge >= 0.3 is 12.0 Å². The van der Waals surface area contributed by atoms with Crippen LogP contribution in [0.25, 0.3) is 0 Å². The summed E-state index contributed by atoms with van der Waals surface area (Å²) in [5, 5.41) is 14.3. The van der Waals surface area contributed by atoms with E-state index in [1.807, 2.05) is 24.3 Å². The number of carboxylic acids is 1. The summed E-state index contributed by atoms with van der Waals surface area (Å²) in [5.41, 5.74) is 0.922. The predicted octanol–water partition coefficient (Wildman–Crippen LogP) is 1.75. The molecule has 1 aliphatic carbocycles. The molecular weight excluding hydrogens is 272 g/mol. The molecule has 1 aliphatic rings. The molecule has 2 rings (SSSR count). The van der Waals surface area contributed by atoms with Gasteiger partial charge in [0, 0.05) is 12.6 Å². The Labute approximate surface area is 123 Å². The predicted molar refractivity (Wildman–Crippen MR) is 77.1 cm³/mol. The summed E-state index contributed by atoms with van der Waals surface area (Å²) >= 11 is 0. The van der Waals surface area contributed by atoms with E-state index in [0.29, 0.717) is 12.5 Å². The van der Waals surface area contributed by atoms with Crippen LogP contribution in [0, 0.1) is 5.92 Å². The maximum absolute atomic E-state index is 11.8. The number of carboxylic acid groups (broad SMARTS) is 1. The third-order valence-corrected chi connectivity index (χ3v) is 3.49. The minimum Gasteiger partial charge on any atom is -0.497 e. The van der Waals surface area contributed by atoms with E-state index in [-0.39, 0.29) is 18.5 Å². The molecule has 0 spiro atoms. The highest BCUT2D eigenvalue weighted by atomic mass is 16.5. The van der Waals surface area contributed by atoms with Crippen molar-refractivity contribution in [1.82, 2.24) is 10.6 Å². The molecule has 1 fully saturated rings. The summed E-state index contributed by atoms with van der Waals surface area (Å²) in [7, 11) is 1.59. The van der Waals surface area contributed by atoms with Crippen molar-refractivity contribution in [1.29, 1.82) is 0 Å². The van der Waals surface area contributed by atoms with Crippen LogP contribution in [0.3, 0.4) is 0 Å². The molecular formula is C15H20N2O4. The van der Waals surface area contributed by atoms with Gasteiger partial charge in [0.2, 0.25) is 0 Å². The normalized spacial score (nSPS) is 15.1. The summed E-state index contributed by atoms with van der Waals surface area (Å²) in [6.45, 7) is 0.369. The van der Waals surface area contributed by atoms with Crippen LogP contribution >= 0.6 is 0 Å². The fraction of sp³-hybridized carbons (Fsp3) is 0.467. The summed E-state index contributed by atoms with van der Waals surface area (Å²) < 4.78 is 5.12. The highest BCUT2D eigenvalue weighted by molar-refractivity contribution is 5.75. The Morgan fingerprint density at radius 1 is 1.43 bits per heavy atom. The Morgan fingerprint density at radius 2 is 2.19 bits per heavy atom. The number of ether oxygens (including phenoxy) is 1. The summed E-state index contributed by atoms with van der Waals surface area (Å²) in [6.07, 6.45) is 1.93. The molecule has 0 radical (unpaired) electrons. The number of urea groups is 1. The molecule has 1 atom stereocenters. The van der Waals surface area contributed by atoms with Crippen LogP contribution in [0.2, 0.25) is 0 Å². The second-order valence-corrected chi connectivity index (χ2v) is 5.22. The van der Waals surface area contributed by atoms with Gasteiger partial charge in [-0.05, 0) is 36.5 Å². The molecule has 21 heavy (non-hydrogen) atoms. The lowest BCUT2D eigenvalue weighted by Gasteiger charge is -2.16. The molecule has 114 valence electrons. The van der Waals surface area contributed by atoms with Gasteiger partial charge in [-0.1, -0.05) is 12.1 Å². The average Bonchev–Trinajstić information content (AvgIpc) is 3.29. The zero-order chi connectivity index (χ0) is 15.2. The highest BCUT2D eigenvalue weighted by Gasteiger charge is 2.33. The van der Waals surface area contributed by atoms with Gasteiger partial charge < -0.3 is 20.5 Å². The molecule has 1 aromatic carbocycles. The number of amides is 2. The number of rotatable bonds is 7. The number of hydrogen-bond donors (Lipinski definition) is 3. The Kier molecular flexibility index (Phi) is 5.03. The number of nitrogens with one attached hydrogen (secondary N) is 2. The van der Waals surface area contributed by atoms with Gasteiger partial charge in [-0.2, -0.15) is 0 Å². The van der Waals surface area contributed by atoms with Crippen molar-refractivity contribution in [2.45, 2.75) is 31.8 Å². The molecule has 6 heteroatoms. The molecule has 0 aromatic heterocycles. The first-order valence-electron chi connectivity index (χ1n) is 6.97. The fourth-order valence-electron chi connectivity index (χ4n) is 2.21. The molecule has 0 heterocycles. The summed E-state index contributed by atoms with van der Waals surface area (Å²) in [4.78, 5) is 22.6. The zero-order valence-electron chi connectivity index (χ0n) is 12.0. The van der Waals surface area contributed by atoms with Crippen LogP contribution in [-0.2, 0) is 11.3 Å². The molecule has 6 nitrogen and oxygen atoms in total. The van der Waals surface area contributed by atoms with E-state index in [0.717, 1.165) is 24.2 Å². The van der Waals surface area contributed by atoms with Crippen LogP contribution in [0.15, 0.2) is 24.3 Å². The summed E-state index contributed by atoms with van der Waals surface area (Å²) in [6, 6.07) is 6.79. The SMILES string of the molecule is COc1cccc(CNC(=O)NC(CC(=O)O)C2CC2)c1. The van der Waals surface area contributed by atoms with E-state index in [2.05, 4.69) is 10.6 Å². The molecule has 0 bridgehead atoms. The quantitative estimate of drug-likeness (QED) is 0.714. The number of benzene rings is 1. The minimum atomic E-state index is -0.889. The Morgan fingerprint density at radius 3 is 2.81 bits per heavy atom. The molecule has 0 aliphatic heterocycles. The molecule has 1 saturated carbocycles. The third-order valence-electron chi connectivity index (χ3n) is 3.49. The second kappa shape index (κ2) is 6.97. The Balaban J connectivity index is 1.81. The Bertz CT molecular complexity index is 514. The third kappa shape index (κ3) is 4.98. The van der Waals surface area contributed by atoms with Crippen molar-refractivity contribution in [2.75, 3.05) is 7.11 Å². The van der Waals surface area contributed by atoms with Crippen molar-refractivity contribution in [2.24, 2.45) is 5.92 Å². The van der Waals surface area contributed by atoms with E-state index < -0.39 is 5.97 Å². The van der Waals surface area contributed by atoms with E-state index in [4.69, 9.17) is 9.84 Å². The summed E-state index contributed by atoms with van der Waals surface area (Å²) in [5.74, 6) is 0.139. The highest BCUT2D eigenvalue weighted by Crippen LogP contribution is 2.33. The lowest BCUT2D eigenvalue weighted by molar-refractivity contribution is -0.137. The van der Waals surface area contributed by atoms with Gasteiger partial charge in [-0.15, -0.1) is 0 Å². The average molecular weight is 292 g/mol. The van der Waals surface area contributed by atoms with E-state index in [9.17, 15) is 9.59 Å². The van der Waals surface area contributed by atoms with E-state index in [1.54, 1.807) is 7.11 Å². The van der Waals surface area contributed by atoms with Gasteiger partial charge in [0.05, 0.1) is 13.5 Å². The van der Waals surface area contributed by atoms with Crippen LogP contribution < -0.4 is 15.4 Å². The number of carbonyl (C=O) groups is 2. The maximum atomic E-state index is 11.8. The monoisotopic (exact) mass is 292 g/mol. The van der Waals surface area contributed by atoms with Gasteiger partial charge in [-0.3, -0.25) is 4.79 Å². The van der Waals surface area contributed by atoms with E-state index in [1.165, 1.54) is 0 Å². The number of methoxy groups -OCH3 is 1. The first-order chi connectivity index (χ1) is 10.1. The molecule has 3 N–H and O–H groups in total. The number of carbonyl (C=O) groups excluding carboxylic acids is 1. The molecule has 1 unspecified atom stereocenters. The van der Waals surface area contributed by atoms with Crippen molar-refractivity contribution >= 4 is 12.0 Å². The minimum absolute atomic E-state index is 0.0305. The standard InChI is InChI=1S/C15H20N2O4/c1-21-12-4-2-3-10(7-12)9-16-15(20)17-13(8-14(18)19)11-5-6-11/h2-4,7,11,13H,5-6,8-9H2,1H3,(H,18,19)(H2,16,17,20). The smallest absolute Gasteiger partial charge is 0.315 e. The first kappa shape index (κ1) is 15.2. The van der Waals surface area contributed by atoms with Crippen LogP contribution in [-0.4, -0.2) is 30.3 Å². The fourth-order valence-corrected chi connectivity index (χ4v) is 2.21. The van der Waals surface area contributed by atoms with Gasteiger partial charge in [0.1, 0.15) is 5.75 Å². The van der Waals surface area contributed by atoms with Gasteiger partial charge in [0.15, 0.2) is 0 Å². The molecule has 0 saturated heterocycles. The zero-order valence-corrected chi connectivity index (χ0v) is 12.0. The number of hydrogen-bond acceptors (Lipinski definition) is 3. The Hall–Kier alpha value is -2.24. The van der Waals surface area contributed by atoms with Gasteiger partial charge in [-0.25, -0.2) is 4.79 Å². The number of aliphatic carboxylic acids is 1. The maximum Gasteiger partial charge on any atom is 0.315 e. The largest absolute Gasteiger partial charge is 0.497 e. The van der Waals surface area contributed by atoms with Crippen LogP contribution in [0.1, 0.15) is 24.8 Å². The molecule has 2 amide bonds. The molecule has 1 aromatic rings. The lowest BCUT2D eigenvalue weighted by Crippen LogP contribution is -2.43. The first-order valence-corrected chi connectivity index (χ1v) is 6.97. The second-order valence-electron chi connectivity index (χ2n) is 5.22. The van der Waals surface area contributed by atoms with E-state index >= 15 is 0 Å². The topological polar surface area (TPSA) is 87.7 Å². The van der Waals surface area contributed by atoms with Crippen molar-refractivity contribution in [3.8, 4) is 5.75 Å².